The topological polar surface area (TPSA) is 67.6 Å². The summed E-state index contributed by atoms with van der Waals surface area (Å²) in [5.41, 5.74) is 0.124. The lowest BCUT2D eigenvalue weighted by Gasteiger charge is -2.32. The van der Waals surface area contributed by atoms with E-state index in [1.807, 2.05) is 0 Å². The van der Waals surface area contributed by atoms with Gasteiger partial charge in [-0.2, -0.15) is 5.26 Å². The van der Waals surface area contributed by atoms with Crippen molar-refractivity contribution in [2.24, 2.45) is 5.41 Å². The van der Waals surface area contributed by atoms with E-state index < -0.39 is 6.10 Å². The molecule has 0 spiro atoms. The van der Waals surface area contributed by atoms with Crippen molar-refractivity contribution in [1.82, 2.24) is 9.80 Å². The van der Waals surface area contributed by atoms with Crippen molar-refractivity contribution in [3.8, 4) is 6.07 Å². The second-order valence-corrected chi connectivity index (χ2v) is 6.80. The Hall–Kier alpha value is -1.12. The van der Waals surface area contributed by atoms with Crippen molar-refractivity contribution < 1.29 is 9.90 Å². The Kier molecular flexibility index (Phi) is 6.44. The number of carbonyl (C=O) groups excluding carboxylic acids is 1. The number of β-amino-alcohol motifs (C(OH)–C–C–N with tert-alkyl or cyclic N) is 1. The predicted molar refractivity (Wildman–Crippen MR) is 77.9 cm³/mol. The van der Waals surface area contributed by atoms with Gasteiger partial charge in [-0.05, 0) is 11.8 Å². The number of rotatable bonds is 7. The van der Waals surface area contributed by atoms with Crippen LogP contribution in [0.1, 0.15) is 40.0 Å². The number of aliphatic hydroxyl groups excluding tert-OH is 1. The van der Waals surface area contributed by atoms with Gasteiger partial charge in [-0.25, -0.2) is 0 Å². The molecule has 1 N–H and O–H groups in total. The zero-order chi connectivity index (χ0) is 15.2. The second-order valence-electron chi connectivity index (χ2n) is 6.80. The number of hydrogen-bond acceptors (Lipinski definition) is 4. The molecule has 5 heteroatoms. The molecule has 20 heavy (non-hydrogen) atoms. The highest BCUT2D eigenvalue weighted by Gasteiger charge is 2.24. The van der Waals surface area contributed by atoms with Crippen molar-refractivity contribution in [2.45, 2.75) is 46.1 Å². The van der Waals surface area contributed by atoms with Gasteiger partial charge in [-0.3, -0.25) is 9.69 Å². The van der Waals surface area contributed by atoms with Crippen molar-refractivity contribution in [1.29, 1.82) is 5.26 Å². The van der Waals surface area contributed by atoms with Crippen LogP contribution in [0.2, 0.25) is 0 Å². The van der Waals surface area contributed by atoms with Crippen molar-refractivity contribution in [3.05, 3.63) is 0 Å². The summed E-state index contributed by atoms with van der Waals surface area (Å²) in [5, 5.41) is 18.9. The molecule has 1 heterocycles. The first-order valence-electron chi connectivity index (χ1n) is 7.37. The maximum atomic E-state index is 11.6. The lowest BCUT2D eigenvalue weighted by atomic mass is 9.96. The van der Waals surface area contributed by atoms with Gasteiger partial charge in [0.15, 0.2) is 0 Å². The Labute approximate surface area is 122 Å². The summed E-state index contributed by atoms with van der Waals surface area (Å²) in [6.45, 7) is 9.61. The van der Waals surface area contributed by atoms with Crippen LogP contribution < -0.4 is 0 Å². The van der Waals surface area contributed by atoms with E-state index in [0.29, 0.717) is 32.5 Å². The van der Waals surface area contributed by atoms with Gasteiger partial charge in [0, 0.05) is 45.6 Å². The minimum Gasteiger partial charge on any atom is -0.390 e. The molecule has 0 bridgehead atoms. The number of aliphatic hydroxyl groups is 1. The van der Waals surface area contributed by atoms with Gasteiger partial charge in [0.25, 0.3) is 0 Å². The average Bonchev–Trinajstić information content (AvgIpc) is 2.70. The van der Waals surface area contributed by atoms with Crippen molar-refractivity contribution >= 4 is 5.91 Å². The molecule has 0 saturated carbocycles. The van der Waals surface area contributed by atoms with E-state index >= 15 is 0 Å². The van der Waals surface area contributed by atoms with Crippen LogP contribution in [0.15, 0.2) is 0 Å². The third kappa shape index (κ3) is 6.36. The lowest BCUT2D eigenvalue weighted by Crippen LogP contribution is -2.43. The van der Waals surface area contributed by atoms with Gasteiger partial charge in [0.05, 0.1) is 12.2 Å². The molecule has 0 unspecified atom stereocenters. The molecular weight excluding hydrogens is 254 g/mol. The van der Waals surface area contributed by atoms with Gasteiger partial charge >= 0.3 is 0 Å². The summed E-state index contributed by atoms with van der Waals surface area (Å²) < 4.78 is 0. The van der Waals surface area contributed by atoms with Crippen molar-refractivity contribution in [3.63, 3.8) is 0 Å². The molecule has 0 aromatic rings. The van der Waals surface area contributed by atoms with Crippen LogP contribution >= 0.6 is 0 Å². The molecule has 1 saturated heterocycles. The first-order chi connectivity index (χ1) is 9.31. The molecule has 0 aromatic carbocycles. The number of nitrogens with zero attached hydrogens (tertiary/aromatic N) is 3. The fraction of sp³-hybridized carbons (Fsp3) is 0.867. The Morgan fingerprint density at radius 3 is 2.70 bits per heavy atom. The summed E-state index contributed by atoms with van der Waals surface area (Å²) in [6, 6.07) is 2.15. The monoisotopic (exact) mass is 281 g/mol. The van der Waals surface area contributed by atoms with E-state index in [0.717, 1.165) is 19.5 Å². The van der Waals surface area contributed by atoms with Crippen LogP contribution in [0.25, 0.3) is 0 Å². The van der Waals surface area contributed by atoms with Crippen molar-refractivity contribution in [2.75, 3.05) is 32.7 Å². The quantitative estimate of drug-likeness (QED) is 0.762. The van der Waals surface area contributed by atoms with Gasteiger partial charge in [0.2, 0.25) is 5.91 Å². The van der Waals surface area contributed by atoms with Gasteiger partial charge in [-0.15, -0.1) is 0 Å². The summed E-state index contributed by atoms with van der Waals surface area (Å²) in [6.07, 6.45) is 1.42. The van der Waals surface area contributed by atoms with Gasteiger partial charge < -0.3 is 10.0 Å². The zero-order valence-electron chi connectivity index (χ0n) is 12.9. The Balaban J connectivity index is 2.46. The average molecular weight is 281 g/mol. The first kappa shape index (κ1) is 16.9. The molecule has 0 radical (unpaired) electrons. The predicted octanol–water partition coefficient (Wildman–Crippen LogP) is 1.23. The van der Waals surface area contributed by atoms with E-state index in [1.165, 1.54) is 0 Å². The Morgan fingerprint density at radius 1 is 1.50 bits per heavy atom. The highest BCUT2D eigenvalue weighted by molar-refractivity contribution is 5.78. The molecule has 1 rings (SSSR count). The van der Waals surface area contributed by atoms with Gasteiger partial charge in [-0.1, -0.05) is 20.8 Å². The standard InChI is InChI=1S/C15H27N3O2/c1-15(2,3)12-17(8-5-7-16)10-13(19)11-18-9-4-6-14(18)20/h13,19H,4-6,8-12H2,1-3H3/t13-/m0/s1. The number of amides is 1. The Morgan fingerprint density at radius 2 is 2.20 bits per heavy atom. The van der Waals surface area contributed by atoms with Crippen LogP contribution in [-0.2, 0) is 4.79 Å². The number of hydrogen-bond donors (Lipinski definition) is 1. The largest absolute Gasteiger partial charge is 0.390 e. The molecule has 1 aliphatic rings. The number of nitriles is 1. The molecule has 5 nitrogen and oxygen atoms in total. The van der Waals surface area contributed by atoms with Crippen LogP contribution in [0.4, 0.5) is 0 Å². The van der Waals surface area contributed by atoms with E-state index in [-0.39, 0.29) is 11.3 Å². The first-order valence-corrected chi connectivity index (χ1v) is 7.37. The fourth-order valence-electron chi connectivity index (χ4n) is 2.62. The second kappa shape index (κ2) is 7.61. The lowest BCUT2D eigenvalue weighted by molar-refractivity contribution is -0.129. The van der Waals surface area contributed by atoms with E-state index in [9.17, 15) is 9.90 Å². The summed E-state index contributed by atoms with van der Waals surface area (Å²) in [5.74, 6) is 0.142. The molecule has 1 amide bonds. The van der Waals surface area contributed by atoms with E-state index in [2.05, 4.69) is 31.7 Å². The third-order valence-corrected chi connectivity index (χ3v) is 3.31. The van der Waals surface area contributed by atoms with Crippen LogP contribution in [0, 0.1) is 16.7 Å². The summed E-state index contributed by atoms with van der Waals surface area (Å²) >= 11 is 0. The van der Waals surface area contributed by atoms with Crippen LogP contribution in [0.3, 0.4) is 0 Å². The molecule has 1 atom stereocenters. The van der Waals surface area contributed by atoms with E-state index in [1.54, 1.807) is 4.90 Å². The minimum absolute atomic E-state index is 0.124. The molecule has 0 aliphatic carbocycles. The highest BCUT2D eigenvalue weighted by atomic mass is 16.3. The Bertz CT molecular complexity index is 357. The SMILES string of the molecule is CC(C)(C)CN(CCC#N)C[C@H](O)CN1CCCC1=O. The molecular formula is C15H27N3O2. The number of likely N-dealkylation sites (tertiary alicyclic amines) is 1. The maximum Gasteiger partial charge on any atom is 0.222 e. The highest BCUT2D eigenvalue weighted by Crippen LogP contribution is 2.16. The minimum atomic E-state index is -0.543. The number of carbonyl (C=O) groups is 1. The fourth-order valence-corrected chi connectivity index (χ4v) is 2.62. The van der Waals surface area contributed by atoms with Gasteiger partial charge in [0.1, 0.15) is 0 Å². The van der Waals surface area contributed by atoms with Crippen LogP contribution in [-0.4, -0.2) is 59.6 Å². The smallest absolute Gasteiger partial charge is 0.222 e. The molecule has 1 fully saturated rings. The molecule has 0 aromatic heterocycles. The summed E-state index contributed by atoms with van der Waals surface area (Å²) in [4.78, 5) is 15.4. The summed E-state index contributed by atoms with van der Waals surface area (Å²) in [7, 11) is 0. The molecule has 114 valence electrons. The molecule has 1 aliphatic heterocycles. The van der Waals surface area contributed by atoms with E-state index in [4.69, 9.17) is 5.26 Å². The normalized spacial score (nSPS) is 17.6. The van der Waals surface area contributed by atoms with Crippen LogP contribution in [0.5, 0.6) is 0 Å². The zero-order valence-corrected chi connectivity index (χ0v) is 12.9. The third-order valence-electron chi connectivity index (χ3n) is 3.31. The maximum absolute atomic E-state index is 11.6.